The van der Waals surface area contributed by atoms with Gasteiger partial charge in [-0.25, -0.2) is 4.98 Å². The number of anilines is 1. The van der Waals surface area contributed by atoms with E-state index in [1.54, 1.807) is 13.2 Å². The van der Waals surface area contributed by atoms with Gasteiger partial charge in [-0.05, 0) is 25.1 Å². The second-order valence-electron chi connectivity index (χ2n) is 3.81. The highest BCUT2D eigenvalue weighted by Gasteiger charge is 2.14. The summed E-state index contributed by atoms with van der Waals surface area (Å²) in [4.78, 5) is 4.31. The zero-order valence-electron chi connectivity index (χ0n) is 9.99. The first-order chi connectivity index (χ1) is 8.04. The van der Waals surface area contributed by atoms with E-state index in [0.29, 0.717) is 11.0 Å². The third-order valence-corrected chi connectivity index (χ3v) is 3.16. The summed E-state index contributed by atoms with van der Waals surface area (Å²) < 4.78 is 6.94. The van der Waals surface area contributed by atoms with Crippen LogP contribution in [0.25, 0.3) is 11.3 Å². The van der Waals surface area contributed by atoms with E-state index in [0.717, 1.165) is 22.7 Å². The minimum Gasteiger partial charge on any atom is -0.497 e. The quantitative estimate of drug-likeness (QED) is 0.893. The summed E-state index contributed by atoms with van der Waals surface area (Å²) in [5.74, 6) is 1.20. The van der Waals surface area contributed by atoms with Crippen LogP contribution in [0.1, 0.15) is 5.69 Å². The molecule has 0 radical (unpaired) electrons. The van der Waals surface area contributed by atoms with E-state index in [2.05, 4.69) is 4.98 Å². The van der Waals surface area contributed by atoms with Crippen molar-refractivity contribution in [2.45, 2.75) is 6.92 Å². The zero-order valence-corrected chi connectivity index (χ0v) is 10.7. The predicted molar refractivity (Wildman–Crippen MR) is 69.4 cm³/mol. The van der Waals surface area contributed by atoms with Crippen LogP contribution in [0.3, 0.4) is 0 Å². The van der Waals surface area contributed by atoms with E-state index in [4.69, 9.17) is 22.1 Å². The first-order valence-electron chi connectivity index (χ1n) is 5.17. The van der Waals surface area contributed by atoms with Gasteiger partial charge in [0.1, 0.15) is 5.75 Å². The number of nitrogens with two attached hydrogens (primary N) is 1. The number of nitrogen functional groups attached to an aromatic ring is 1. The Morgan fingerprint density at radius 2 is 2.12 bits per heavy atom. The number of hydrogen-bond donors (Lipinski definition) is 1. The lowest BCUT2D eigenvalue weighted by Crippen LogP contribution is -1.97. The summed E-state index contributed by atoms with van der Waals surface area (Å²) in [6.45, 7) is 1.96. The molecule has 0 amide bonds. The second-order valence-corrected chi connectivity index (χ2v) is 4.22. The highest BCUT2D eigenvalue weighted by atomic mass is 35.5. The number of benzene rings is 1. The number of rotatable bonds is 2. The number of methoxy groups -OCH3 is 1. The molecular formula is C12H14ClN3O. The lowest BCUT2D eigenvalue weighted by Gasteiger charge is -2.05. The molecule has 0 atom stereocenters. The van der Waals surface area contributed by atoms with Gasteiger partial charge in [-0.2, -0.15) is 0 Å². The Hall–Kier alpha value is -1.68. The van der Waals surface area contributed by atoms with Gasteiger partial charge in [0.15, 0.2) is 0 Å². The molecule has 0 saturated heterocycles. The first-order valence-corrected chi connectivity index (χ1v) is 5.55. The molecule has 17 heavy (non-hydrogen) atoms. The van der Waals surface area contributed by atoms with Gasteiger partial charge < -0.3 is 15.0 Å². The lowest BCUT2D eigenvalue weighted by molar-refractivity contribution is 0.415. The fourth-order valence-electron chi connectivity index (χ4n) is 1.67. The molecule has 1 aromatic heterocycles. The number of halogens is 1. The Bertz CT molecular complexity index is 563. The van der Waals surface area contributed by atoms with Gasteiger partial charge in [-0.3, -0.25) is 0 Å². The van der Waals surface area contributed by atoms with E-state index < -0.39 is 0 Å². The van der Waals surface area contributed by atoms with Crippen molar-refractivity contribution in [2.24, 2.45) is 7.05 Å². The average Bonchev–Trinajstić information content (AvgIpc) is 2.57. The Morgan fingerprint density at radius 3 is 2.59 bits per heavy atom. The Morgan fingerprint density at radius 1 is 1.41 bits per heavy atom. The van der Waals surface area contributed by atoms with Crippen molar-refractivity contribution in [1.29, 1.82) is 0 Å². The van der Waals surface area contributed by atoms with Crippen LogP contribution in [0.5, 0.6) is 5.75 Å². The van der Waals surface area contributed by atoms with Crippen LogP contribution in [0, 0.1) is 6.92 Å². The molecule has 1 heterocycles. The van der Waals surface area contributed by atoms with E-state index in [1.165, 1.54) is 0 Å². The van der Waals surface area contributed by atoms with Gasteiger partial charge in [0, 0.05) is 18.3 Å². The molecule has 0 aliphatic heterocycles. The highest BCUT2D eigenvalue weighted by molar-refractivity contribution is 6.33. The zero-order chi connectivity index (χ0) is 12.6. The smallest absolute Gasteiger partial charge is 0.200 e. The number of nitrogens with zero attached hydrogens (tertiary/aromatic N) is 2. The largest absolute Gasteiger partial charge is 0.497 e. The molecule has 2 N–H and O–H groups in total. The van der Waals surface area contributed by atoms with Gasteiger partial charge >= 0.3 is 0 Å². The summed E-state index contributed by atoms with van der Waals surface area (Å²) in [6, 6.07) is 5.50. The van der Waals surface area contributed by atoms with E-state index >= 15 is 0 Å². The molecular weight excluding hydrogens is 238 g/mol. The molecule has 1 aromatic carbocycles. The Labute approximate surface area is 105 Å². The fourth-order valence-corrected chi connectivity index (χ4v) is 1.93. The van der Waals surface area contributed by atoms with Crippen molar-refractivity contribution < 1.29 is 4.74 Å². The van der Waals surface area contributed by atoms with Gasteiger partial charge in [-0.1, -0.05) is 11.6 Å². The van der Waals surface area contributed by atoms with E-state index in [-0.39, 0.29) is 0 Å². The van der Waals surface area contributed by atoms with Crippen molar-refractivity contribution >= 4 is 17.5 Å². The van der Waals surface area contributed by atoms with Gasteiger partial charge in [0.25, 0.3) is 0 Å². The maximum Gasteiger partial charge on any atom is 0.200 e. The van der Waals surface area contributed by atoms with E-state index in [1.807, 2.05) is 30.7 Å². The highest BCUT2D eigenvalue weighted by Crippen LogP contribution is 2.32. The van der Waals surface area contributed by atoms with Gasteiger partial charge in [-0.15, -0.1) is 0 Å². The van der Waals surface area contributed by atoms with Crippen molar-refractivity contribution in [2.75, 3.05) is 12.8 Å². The van der Waals surface area contributed by atoms with Gasteiger partial charge in [0.05, 0.1) is 17.8 Å². The molecule has 0 unspecified atom stereocenters. The molecule has 0 aliphatic carbocycles. The predicted octanol–water partition coefficient (Wildman–Crippen LogP) is 2.64. The molecule has 0 aliphatic rings. The minimum absolute atomic E-state index is 0.476. The summed E-state index contributed by atoms with van der Waals surface area (Å²) in [5, 5.41) is 0.602. The fraction of sp³-hybridized carbons (Fsp3) is 0.250. The standard InChI is InChI=1S/C12H14ClN3O/c1-7-11(15-12(14)16(7)2)9-5-4-8(17-3)6-10(9)13/h4-6H,1-3H3,(H2,14,15). The Balaban J connectivity index is 2.57. The molecule has 4 nitrogen and oxygen atoms in total. The lowest BCUT2D eigenvalue weighted by atomic mass is 10.1. The summed E-state index contributed by atoms with van der Waals surface area (Å²) in [6.07, 6.45) is 0. The van der Waals surface area contributed by atoms with Crippen molar-refractivity contribution in [3.63, 3.8) is 0 Å². The topological polar surface area (TPSA) is 53.1 Å². The third-order valence-electron chi connectivity index (χ3n) is 2.85. The minimum atomic E-state index is 0.476. The molecule has 0 spiro atoms. The number of ether oxygens (including phenoxy) is 1. The van der Waals surface area contributed by atoms with Crippen LogP contribution in [-0.4, -0.2) is 16.7 Å². The maximum absolute atomic E-state index is 6.21. The van der Waals surface area contributed by atoms with Crippen molar-refractivity contribution in [3.05, 3.63) is 28.9 Å². The summed E-state index contributed by atoms with van der Waals surface area (Å²) in [5.41, 5.74) is 8.41. The maximum atomic E-state index is 6.21. The second kappa shape index (κ2) is 4.30. The van der Waals surface area contributed by atoms with Crippen molar-refractivity contribution in [1.82, 2.24) is 9.55 Å². The van der Waals surface area contributed by atoms with Crippen LogP contribution in [0.15, 0.2) is 18.2 Å². The normalized spacial score (nSPS) is 10.6. The number of aromatic nitrogens is 2. The summed E-state index contributed by atoms with van der Waals surface area (Å²) in [7, 11) is 3.48. The number of imidazole rings is 1. The molecule has 0 fully saturated rings. The molecule has 2 aromatic rings. The van der Waals surface area contributed by atoms with Crippen LogP contribution < -0.4 is 10.5 Å². The molecule has 0 saturated carbocycles. The monoisotopic (exact) mass is 251 g/mol. The van der Waals surface area contributed by atoms with Crippen LogP contribution in [0.2, 0.25) is 5.02 Å². The molecule has 90 valence electrons. The van der Waals surface area contributed by atoms with Crippen molar-refractivity contribution in [3.8, 4) is 17.0 Å². The first kappa shape index (κ1) is 11.8. The molecule has 2 rings (SSSR count). The van der Waals surface area contributed by atoms with Gasteiger partial charge in [0.2, 0.25) is 5.95 Å². The van der Waals surface area contributed by atoms with E-state index in [9.17, 15) is 0 Å². The third kappa shape index (κ3) is 1.96. The number of hydrogen-bond acceptors (Lipinski definition) is 3. The summed E-state index contributed by atoms with van der Waals surface area (Å²) >= 11 is 6.21. The Kier molecular flexibility index (Phi) is 2.98. The molecule has 0 bridgehead atoms. The average molecular weight is 252 g/mol. The molecule has 5 heteroatoms. The van der Waals surface area contributed by atoms with Crippen LogP contribution >= 0.6 is 11.6 Å². The van der Waals surface area contributed by atoms with Crippen LogP contribution in [0.4, 0.5) is 5.95 Å². The SMILES string of the molecule is COc1ccc(-c2nc(N)n(C)c2C)c(Cl)c1. The van der Waals surface area contributed by atoms with Crippen LogP contribution in [-0.2, 0) is 7.05 Å².